The van der Waals surface area contributed by atoms with Crippen molar-refractivity contribution in [2.75, 3.05) is 17.3 Å². The molecule has 4 rings (SSSR count). The van der Waals surface area contributed by atoms with Gasteiger partial charge in [0.25, 0.3) is 5.91 Å². The van der Waals surface area contributed by atoms with Crippen molar-refractivity contribution in [1.29, 1.82) is 5.26 Å². The average Bonchev–Trinajstić information content (AvgIpc) is 3.26. The van der Waals surface area contributed by atoms with E-state index in [-0.39, 0.29) is 34.0 Å². The topological polar surface area (TPSA) is 137 Å². The van der Waals surface area contributed by atoms with Gasteiger partial charge in [0.2, 0.25) is 5.91 Å². The molecular weight excluding hydrogens is 436 g/mol. The van der Waals surface area contributed by atoms with Crippen molar-refractivity contribution in [3.8, 4) is 17.2 Å². The number of hydrogen-bond donors (Lipinski definition) is 2. The van der Waals surface area contributed by atoms with Gasteiger partial charge in [-0.15, -0.1) is 0 Å². The van der Waals surface area contributed by atoms with Gasteiger partial charge in [0.15, 0.2) is 11.3 Å². The quantitative estimate of drug-likeness (QED) is 0.459. The van der Waals surface area contributed by atoms with Crippen molar-refractivity contribution >= 4 is 40.1 Å². The highest BCUT2D eigenvalue weighted by molar-refractivity contribution is 6.14. The lowest BCUT2D eigenvalue weighted by atomic mass is 10.00. The average molecular weight is 454 g/mol. The molecule has 9 heteroatoms. The van der Waals surface area contributed by atoms with Crippen LogP contribution in [0.5, 0.6) is 0 Å². The van der Waals surface area contributed by atoms with E-state index in [0.717, 1.165) is 5.56 Å². The van der Waals surface area contributed by atoms with Gasteiger partial charge in [-0.3, -0.25) is 9.59 Å². The van der Waals surface area contributed by atoms with E-state index in [1.54, 1.807) is 19.2 Å². The van der Waals surface area contributed by atoms with Crippen LogP contribution in [-0.2, 0) is 4.79 Å². The first-order chi connectivity index (χ1) is 16.3. The van der Waals surface area contributed by atoms with E-state index in [2.05, 4.69) is 10.5 Å². The maximum atomic E-state index is 13.0. The summed E-state index contributed by atoms with van der Waals surface area (Å²) in [6.07, 6.45) is 0. The van der Waals surface area contributed by atoms with Crippen molar-refractivity contribution < 1.29 is 24.0 Å². The van der Waals surface area contributed by atoms with Crippen molar-refractivity contribution in [1.82, 2.24) is 5.16 Å². The molecule has 3 aromatic carbocycles. The summed E-state index contributed by atoms with van der Waals surface area (Å²) in [6, 6.07) is 18.5. The van der Waals surface area contributed by atoms with Gasteiger partial charge in [0.05, 0.1) is 34.0 Å². The SMILES string of the molecule is CC(=O)N(C)c1cc2onc(C(=O)Nc3ccc(C#N)cc3C(=O)O)c2cc1-c1ccccc1. The van der Waals surface area contributed by atoms with Crippen LogP contribution in [0.2, 0.25) is 0 Å². The summed E-state index contributed by atoms with van der Waals surface area (Å²) in [6.45, 7) is 1.44. The monoisotopic (exact) mass is 454 g/mol. The van der Waals surface area contributed by atoms with Gasteiger partial charge in [0.1, 0.15) is 0 Å². The Morgan fingerprint density at radius 3 is 2.47 bits per heavy atom. The zero-order valence-electron chi connectivity index (χ0n) is 18.2. The van der Waals surface area contributed by atoms with Gasteiger partial charge in [-0.1, -0.05) is 35.5 Å². The third kappa shape index (κ3) is 4.08. The first-order valence-corrected chi connectivity index (χ1v) is 10.1. The zero-order valence-corrected chi connectivity index (χ0v) is 18.2. The molecule has 0 unspecified atom stereocenters. The minimum absolute atomic E-state index is 0.0175. The Labute approximate surface area is 193 Å². The number of carboxylic acids is 1. The van der Waals surface area contributed by atoms with E-state index < -0.39 is 11.9 Å². The van der Waals surface area contributed by atoms with Crippen LogP contribution in [0, 0.1) is 11.3 Å². The summed E-state index contributed by atoms with van der Waals surface area (Å²) in [5.74, 6) is -2.16. The molecule has 0 fully saturated rings. The Morgan fingerprint density at radius 2 is 1.82 bits per heavy atom. The number of carbonyl (C=O) groups excluding carboxylic acids is 2. The molecule has 0 atom stereocenters. The van der Waals surface area contributed by atoms with Crippen LogP contribution in [-0.4, -0.2) is 35.1 Å². The Morgan fingerprint density at radius 1 is 1.09 bits per heavy atom. The number of aromatic nitrogens is 1. The number of hydrogen-bond acceptors (Lipinski definition) is 6. The second kappa shape index (κ2) is 8.88. The molecule has 9 nitrogen and oxygen atoms in total. The molecule has 0 aliphatic heterocycles. The molecule has 0 saturated heterocycles. The Bertz CT molecular complexity index is 1480. The summed E-state index contributed by atoms with van der Waals surface area (Å²) in [5, 5.41) is 25.3. The first kappa shape index (κ1) is 22.2. The molecule has 0 radical (unpaired) electrons. The number of nitriles is 1. The van der Waals surface area contributed by atoms with Gasteiger partial charge in [-0.25, -0.2) is 4.79 Å². The molecule has 34 heavy (non-hydrogen) atoms. The molecule has 0 saturated carbocycles. The highest BCUT2D eigenvalue weighted by Gasteiger charge is 2.23. The van der Waals surface area contributed by atoms with E-state index in [0.29, 0.717) is 16.6 Å². The number of carbonyl (C=O) groups is 3. The Hall–Kier alpha value is -4.97. The third-order valence-electron chi connectivity index (χ3n) is 5.35. The number of fused-ring (bicyclic) bond motifs is 1. The van der Waals surface area contributed by atoms with Gasteiger partial charge >= 0.3 is 5.97 Å². The Balaban J connectivity index is 1.81. The van der Waals surface area contributed by atoms with Crippen LogP contribution >= 0.6 is 0 Å². The van der Waals surface area contributed by atoms with Crippen molar-refractivity contribution in [3.63, 3.8) is 0 Å². The summed E-state index contributed by atoms with van der Waals surface area (Å²) in [5.41, 5.74) is 2.26. The molecule has 2 N–H and O–H groups in total. The smallest absolute Gasteiger partial charge is 0.337 e. The van der Waals surface area contributed by atoms with E-state index in [1.807, 2.05) is 36.4 Å². The van der Waals surface area contributed by atoms with Gasteiger partial charge in [-0.2, -0.15) is 5.26 Å². The lowest BCUT2D eigenvalue weighted by molar-refractivity contribution is -0.116. The number of aromatic carboxylic acids is 1. The van der Waals surface area contributed by atoms with E-state index in [9.17, 15) is 19.5 Å². The lowest BCUT2D eigenvalue weighted by Gasteiger charge is -2.19. The number of anilines is 2. The normalized spacial score (nSPS) is 10.5. The van der Waals surface area contributed by atoms with Crippen LogP contribution in [0.1, 0.15) is 33.3 Å². The highest BCUT2D eigenvalue weighted by atomic mass is 16.5. The number of benzene rings is 3. The van der Waals surface area contributed by atoms with Crippen LogP contribution in [0.3, 0.4) is 0 Å². The number of rotatable bonds is 5. The van der Waals surface area contributed by atoms with Crippen LogP contribution in [0.15, 0.2) is 65.2 Å². The predicted molar refractivity (Wildman–Crippen MR) is 125 cm³/mol. The second-order valence-corrected chi connectivity index (χ2v) is 7.47. The molecular formula is C25H18N4O5. The van der Waals surface area contributed by atoms with E-state index in [1.165, 1.54) is 30.0 Å². The first-order valence-electron chi connectivity index (χ1n) is 10.1. The molecule has 0 aliphatic carbocycles. The zero-order chi connectivity index (χ0) is 24.4. The number of carboxylic acid groups (broad SMARTS) is 1. The summed E-state index contributed by atoms with van der Waals surface area (Å²) in [7, 11) is 1.64. The fraction of sp³-hybridized carbons (Fsp3) is 0.0800. The molecule has 2 amide bonds. The van der Waals surface area contributed by atoms with Crippen molar-refractivity contribution in [2.45, 2.75) is 6.92 Å². The van der Waals surface area contributed by atoms with Crippen molar-refractivity contribution in [2.24, 2.45) is 0 Å². The lowest BCUT2D eigenvalue weighted by Crippen LogP contribution is -2.23. The van der Waals surface area contributed by atoms with E-state index in [4.69, 9.17) is 9.78 Å². The summed E-state index contributed by atoms with van der Waals surface area (Å²) in [4.78, 5) is 38.2. The van der Waals surface area contributed by atoms with Crippen LogP contribution in [0.25, 0.3) is 22.1 Å². The summed E-state index contributed by atoms with van der Waals surface area (Å²) < 4.78 is 5.38. The minimum atomic E-state index is -1.29. The molecule has 1 aromatic heterocycles. The molecule has 0 aliphatic rings. The van der Waals surface area contributed by atoms with Gasteiger partial charge < -0.3 is 19.8 Å². The molecule has 0 spiro atoms. The van der Waals surface area contributed by atoms with Gasteiger partial charge in [-0.05, 0) is 29.8 Å². The number of nitrogens with zero attached hydrogens (tertiary/aromatic N) is 3. The Kier molecular flexibility index (Phi) is 5.80. The maximum absolute atomic E-state index is 13.0. The second-order valence-electron chi connectivity index (χ2n) is 7.47. The predicted octanol–water partition coefficient (Wildman–Crippen LogP) is 4.30. The number of nitrogens with one attached hydrogen (secondary N) is 1. The largest absolute Gasteiger partial charge is 0.478 e. The standard InChI is InChI=1S/C25H18N4O5/c1-14(30)29(2)21-12-22-19(11-17(21)16-6-4-3-5-7-16)23(28-34-22)24(31)27-20-9-8-15(13-26)10-18(20)25(32)33/h3-12H,1-2H3,(H,27,31)(H,32,33). The maximum Gasteiger partial charge on any atom is 0.337 e. The third-order valence-corrected chi connectivity index (χ3v) is 5.35. The van der Waals surface area contributed by atoms with E-state index >= 15 is 0 Å². The van der Waals surface area contributed by atoms with Crippen LogP contribution in [0.4, 0.5) is 11.4 Å². The fourth-order valence-corrected chi connectivity index (χ4v) is 3.51. The van der Waals surface area contributed by atoms with Crippen LogP contribution < -0.4 is 10.2 Å². The molecule has 168 valence electrons. The molecule has 4 aromatic rings. The van der Waals surface area contributed by atoms with Crippen molar-refractivity contribution in [3.05, 3.63) is 77.5 Å². The number of amides is 2. The minimum Gasteiger partial charge on any atom is -0.478 e. The highest BCUT2D eigenvalue weighted by Crippen LogP contribution is 2.36. The summed E-state index contributed by atoms with van der Waals surface area (Å²) >= 11 is 0. The van der Waals surface area contributed by atoms with Gasteiger partial charge in [0, 0.05) is 25.6 Å². The molecule has 0 bridgehead atoms. The fourth-order valence-electron chi connectivity index (χ4n) is 3.51. The molecule has 1 heterocycles.